The fourth-order valence-electron chi connectivity index (χ4n) is 2.90. The second-order valence-corrected chi connectivity index (χ2v) is 5.34. The average molecular weight is 228 g/mol. The summed E-state index contributed by atoms with van der Waals surface area (Å²) in [6.45, 7) is 6.00. The van der Waals surface area contributed by atoms with Crippen molar-refractivity contribution in [1.29, 1.82) is 0 Å². The van der Waals surface area contributed by atoms with Crippen LogP contribution in [0.5, 0.6) is 0 Å². The second-order valence-electron chi connectivity index (χ2n) is 5.34. The van der Waals surface area contributed by atoms with Crippen molar-refractivity contribution in [2.75, 3.05) is 46.4 Å². The number of hydrogen-bond acceptors (Lipinski definition) is 4. The molecule has 0 bridgehead atoms. The highest BCUT2D eigenvalue weighted by Gasteiger charge is 2.36. The van der Waals surface area contributed by atoms with Gasteiger partial charge in [0, 0.05) is 38.2 Å². The van der Waals surface area contributed by atoms with Crippen molar-refractivity contribution in [3.8, 4) is 0 Å². The number of nitrogens with zero attached hydrogens (tertiary/aromatic N) is 1. The lowest BCUT2D eigenvalue weighted by atomic mass is 9.86. The van der Waals surface area contributed by atoms with Crippen LogP contribution in [0.1, 0.15) is 19.3 Å². The van der Waals surface area contributed by atoms with Gasteiger partial charge in [-0.3, -0.25) is 0 Å². The molecular formula is C12H24N2O2. The van der Waals surface area contributed by atoms with Crippen LogP contribution in [0, 0.1) is 5.41 Å². The summed E-state index contributed by atoms with van der Waals surface area (Å²) in [5, 5.41) is 12.8. The molecular weight excluding hydrogens is 204 g/mol. The highest BCUT2D eigenvalue weighted by atomic mass is 16.5. The first-order valence-electron chi connectivity index (χ1n) is 6.37. The minimum Gasteiger partial charge on any atom is -0.393 e. The number of likely N-dealkylation sites (tertiary alicyclic amines) is 1. The van der Waals surface area contributed by atoms with E-state index in [9.17, 15) is 5.11 Å². The number of hydrogen-bond donors (Lipinski definition) is 2. The standard InChI is InChI=1S/C12H24N2O2/c1-13-8-12(4-7-16-10-12)9-14-5-2-11(15)3-6-14/h11,13,15H,2-10H2,1H3. The maximum absolute atomic E-state index is 9.49. The molecule has 0 aromatic carbocycles. The number of piperidine rings is 1. The van der Waals surface area contributed by atoms with Gasteiger partial charge in [0.25, 0.3) is 0 Å². The molecule has 1 unspecified atom stereocenters. The van der Waals surface area contributed by atoms with Gasteiger partial charge < -0.3 is 20.1 Å². The summed E-state index contributed by atoms with van der Waals surface area (Å²) < 4.78 is 5.56. The van der Waals surface area contributed by atoms with Gasteiger partial charge in [-0.05, 0) is 26.3 Å². The Labute approximate surface area is 98.0 Å². The van der Waals surface area contributed by atoms with Crippen molar-refractivity contribution < 1.29 is 9.84 Å². The minimum absolute atomic E-state index is 0.0728. The lowest BCUT2D eigenvalue weighted by molar-refractivity contribution is 0.0505. The fourth-order valence-corrected chi connectivity index (χ4v) is 2.90. The van der Waals surface area contributed by atoms with Crippen LogP contribution < -0.4 is 5.32 Å². The molecule has 0 spiro atoms. The Morgan fingerprint density at radius 1 is 1.44 bits per heavy atom. The molecule has 2 fully saturated rings. The Hall–Kier alpha value is -0.160. The van der Waals surface area contributed by atoms with Crippen molar-refractivity contribution in [1.82, 2.24) is 10.2 Å². The molecule has 4 heteroatoms. The van der Waals surface area contributed by atoms with Crippen LogP contribution in [-0.2, 0) is 4.74 Å². The highest BCUT2D eigenvalue weighted by Crippen LogP contribution is 2.30. The molecule has 0 amide bonds. The van der Waals surface area contributed by atoms with Crippen molar-refractivity contribution in [2.45, 2.75) is 25.4 Å². The third kappa shape index (κ3) is 2.94. The number of rotatable bonds is 4. The molecule has 2 aliphatic heterocycles. The molecule has 0 aromatic rings. The fraction of sp³-hybridized carbons (Fsp3) is 1.00. The molecule has 2 heterocycles. The number of aliphatic hydroxyl groups excluding tert-OH is 1. The predicted octanol–water partition coefficient (Wildman–Crippen LogP) is 0.0692. The molecule has 0 aliphatic carbocycles. The van der Waals surface area contributed by atoms with Crippen molar-refractivity contribution >= 4 is 0 Å². The van der Waals surface area contributed by atoms with E-state index < -0.39 is 0 Å². The quantitative estimate of drug-likeness (QED) is 0.715. The first-order chi connectivity index (χ1) is 7.74. The Bertz CT molecular complexity index is 209. The van der Waals surface area contributed by atoms with E-state index in [0.717, 1.165) is 58.7 Å². The molecule has 2 N–H and O–H groups in total. The van der Waals surface area contributed by atoms with Gasteiger partial charge in [-0.1, -0.05) is 0 Å². The predicted molar refractivity (Wildman–Crippen MR) is 63.5 cm³/mol. The largest absolute Gasteiger partial charge is 0.393 e. The molecule has 0 saturated carbocycles. The van der Waals surface area contributed by atoms with Gasteiger partial charge in [0.05, 0.1) is 12.7 Å². The van der Waals surface area contributed by atoms with Crippen LogP contribution in [0.4, 0.5) is 0 Å². The zero-order chi connectivity index (χ0) is 11.4. The molecule has 1 atom stereocenters. The normalized spacial score (nSPS) is 33.4. The van der Waals surface area contributed by atoms with Gasteiger partial charge >= 0.3 is 0 Å². The van der Waals surface area contributed by atoms with Crippen LogP contribution >= 0.6 is 0 Å². The van der Waals surface area contributed by atoms with Crippen LogP contribution in [-0.4, -0.2) is 62.6 Å². The molecule has 0 aromatic heterocycles. The first kappa shape index (κ1) is 12.3. The minimum atomic E-state index is -0.0728. The zero-order valence-corrected chi connectivity index (χ0v) is 10.2. The summed E-state index contributed by atoms with van der Waals surface area (Å²) in [6, 6.07) is 0. The van der Waals surface area contributed by atoms with Gasteiger partial charge in [-0.25, -0.2) is 0 Å². The van der Waals surface area contributed by atoms with Crippen LogP contribution in [0.15, 0.2) is 0 Å². The van der Waals surface area contributed by atoms with Gasteiger partial charge in [0.2, 0.25) is 0 Å². The first-order valence-corrected chi connectivity index (χ1v) is 6.37. The summed E-state index contributed by atoms with van der Waals surface area (Å²) in [5.41, 5.74) is 0.303. The van der Waals surface area contributed by atoms with Gasteiger partial charge in [-0.2, -0.15) is 0 Å². The summed E-state index contributed by atoms with van der Waals surface area (Å²) in [7, 11) is 2.01. The molecule has 94 valence electrons. The topological polar surface area (TPSA) is 44.7 Å². The highest BCUT2D eigenvalue weighted by molar-refractivity contribution is 4.89. The van der Waals surface area contributed by atoms with E-state index in [1.807, 2.05) is 7.05 Å². The number of nitrogens with one attached hydrogen (secondary N) is 1. The summed E-state index contributed by atoms with van der Waals surface area (Å²) >= 11 is 0. The van der Waals surface area contributed by atoms with Crippen molar-refractivity contribution in [2.24, 2.45) is 5.41 Å². The Balaban J connectivity index is 1.85. The number of aliphatic hydroxyl groups is 1. The summed E-state index contributed by atoms with van der Waals surface area (Å²) in [5.74, 6) is 0. The van der Waals surface area contributed by atoms with E-state index in [4.69, 9.17) is 4.74 Å². The van der Waals surface area contributed by atoms with Crippen molar-refractivity contribution in [3.63, 3.8) is 0 Å². The maximum Gasteiger partial charge on any atom is 0.0564 e. The van der Waals surface area contributed by atoms with E-state index in [2.05, 4.69) is 10.2 Å². The molecule has 16 heavy (non-hydrogen) atoms. The number of ether oxygens (including phenoxy) is 1. The van der Waals surface area contributed by atoms with Gasteiger partial charge in [0.1, 0.15) is 0 Å². The SMILES string of the molecule is CNCC1(CN2CCC(O)CC2)CCOC1. The second kappa shape index (κ2) is 5.45. The molecule has 4 nitrogen and oxygen atoms in total. The van der Waals surface area contributed by atoms with Crippen molar-refractivity contribution in [3.05, 3.63) is 0 Å². The van der Waals surface area contributed by atoms with E-state index in [0.29, 0.717) is 5.41 Å². The Morgan fingerprint density at radius 2 is 2.19 bits per heavy atom. The molecule has 2 rings (SSSR count). The summed E-state index contributed by atoms with van der Waals surface area (Å²) in [4.78, 5) is 2.48. The summed E-state index contributed by atoms with van der Waals surface area (Å²) in [6.07, 6.45) is 2.94. The van der Waals surface area contributed by atoms with Crippen LogP contribution in [0.25, 0.3) is 0 Å². The zero-order valence-electron chi connectivity index (χ0n) is 10.2. The maximum atomic E-state index is 9.49. The lowest BCUT2D eigenvalue weighted by Gasteiger charge is -2.37. The van der Waals surface area contributed by atoms with Crippen LogP contribution in [0.2, 0.25) is 0 Å². The van der Waals surface area contributed by atoms with Gasteiger partial charge in [-0.15, -0.1) is 0 Å². The van der Waals surface area contributed by atoms with Crippen LogP contribution in [0.3, 0.4) is 0 Å². The average Bonchev–Trinajstić information content (AvgIpc) is 2.71. The molecule has 2 aliphatic rings. The third-order valence-electron chi connectivity index (χ3n) is 3.85. The Morgan fingerprint density at radius 3 is 2.75 bits per heavy atom. The monoisotopic (exact) mass is 228 g/mol. The molecule has 0 radical (unpaired) electrons. The van der Waals surface area contributed by atoms with E-state index in [1.54, 1.807) is 0 Å². The van der Waals surface area contributed by atoms with E-state index in [1.165, 1.54) is 0 Å². The molecule has 2 saturated heterocycles. The third-order valence-corrected chi connectivity index (χ3v) is 3.85. The van der Waals surface area contributed by atoms with E-state index >= 15 is 0 Å². The smallest absolute Gasteiger partial charge is 0.0564 e. The lowest BCUT2D eigenvalue weighted by Crippen LogP contribution is -2.47. The van der Waals surface area contributed by atoms with E-state index in [-0.39, 0.29) is 6.10 Å². The van der Waals surface area contributed by atoms with Gasteiger partial charge in [0.15, 0.2) is 0 Å². The Kier molecular flexibility index (Phi) is 4.19.